The molecule has 0 saturated heterocycles. The molecule has 0 radical (unpaired) electrons. The lowest BCUT2D eigenvalue weighted by Crippen LogP contribution is -2.73. The highest BCUT2D eigenvalue weighted by atomic mass is 32.1. The summed E-state index contributed by atoms with van der Waals surface area (Å²) in [6.07, 6.45) is 1.96. The van der Waals surface area contributed by atoms with Crippen LogP contribution in [0.4, 0.5) is 0 Å². The van der Waals surface area contributed by atoms with E-state index in [0.29, 0.717) is 0 Å². The molecule has 0 atom stereocenters. The molecule has 1 aromatic heterocycles. The van der Waals surface area contributed by atoms with E-state index in [0.717, 1.165) is 15.2 Å². The molecular formula is C7H12N3S+. The Morgan fingerprint density at radius 3 is 2.73 bits per heavy atom. The number of aromatic amines is 1. The molecule has 11 heavy (non-hydrogen) atoms. The first kappa shape index (κ1) is 8.23. The summed E-state index contributed by atoms with van der Waals surface area (Å²) in [5.41, 5.74) is 0. The third-order valence-electron chi connectivity index (χ3n) is 1.50. The summed E-state index contributed by atoms with van der Waals surface area (Å²) in [6.45, 7) is 3.83. The third-order valence-corrected chi connectivity index (χ3v) is 1.99. The molecule has 0 aliphatic carbocycles. The molecule has 4 heteroatoms. The van der Waals surface area contributed by atoms with Crippen molar-refractivity contribution in [3.63, 3.8) is 0 Å². The second-order valence-corrected chi connectivity index (χ2v) is 2.75. The van der Waals surface area contributed by atoms with Crippen LogP contribution in [-0.4, -0.2) is 16.8 Å². The fourth-order valence-electron chi connectivity index (χ4n) is 0.962. The predicted molar refractivity (Wildman–Crippen MR) is 47.7 cm³/mol. The number of hydrogen-bond acceptors (Lipinski definition) is 1. The van der Waals surface area contributed by atoms with E-state index in [9.17, 15) is 0 Å². The molecule has 0 aliphatic rings. The van der Waals surface area contributed by atoms with Gasteiger partial charge in [0.1, 0.15) is 10.8 Å². The van der Waals surface area contributed by atoms with Crippen molar-refractivity contribution in [2.75, 3.05) is 7.05 Å². The molecule has 0 saturated carbocycles. The molecule has 0 spiro atoms. The highest BCUT2D eigenvalue weighted by Crippen LogP contribution is 1.70. The van der Waals surface area contributed by atoms with Crippen LogP contribution < -0.4 is 15.9 Å². The zero-order valence-corrected chi connectivity index (χ0v) is 7.53. The van der Waals surface area contributed by atoms with E-state index in [1.165, 1.54) is 0 Å². The second-order valence-electron chi connectivity index (χ2n) is 2.37. The van der Waals surface area contributed by atoms with Crippen LogP contribution in [0.15, 0.2) is 0 Å². The van der Waals surface area contributed by atoms with Gasteiger partial charge in [0.2, 0.25) is 0 Å². The van der Waals surface area contributed by atoms with Crippen molar-refractivity contribution in [2.45, 2.75) is 0 Å². The van der Waals surface area contributed by atoms with Gasteiger partial charge in [-0.25, -0.2) is 0 Å². The maximum Gasteiger partial charge on any atom is 0.134 e. The number of nitrogens with two attached hydrogens (primary N) is 1. The number of nitrogens with one attached hydrogen (secondary N) is 1. The van der Waals surface area contributed by atoms with Crippen LogP contribution in [0, 0.1) is 4.64 Å². The minimum absolute atomic E-state index is 0.799. The third kappa shape index (κ3) is 1.41. The van der Waals surface area contributed by atoms with Crippen molar-refractivity contribution in [3.8, 4) is 0 Å². The Labute approximate surface area is 70.0 Å². The van der Waals surface area contributed by atoms with E-state index in [-0.39, 0.29) is 0 Å². The van der Waals surface area contributed by atoms with Gasteiger partial charge < -0.3 is 5.32 Å². The Hall–Kier alpha value is -0.870. The molecule has 0 unspecified atom stereocenters. The van der Waals surface area contributed by atoms with Gasteiger partial charge in [-0.1, -0.05) is 18.8 Å². The predicted octanol–water partition coefficient (Wildman–Crippen LogP) is -1.58. The Balaban J connectivity index is 3.61. The quantitative estimate of drug-likeness (QED) is 0.491. The van der Waals surface area contributed by atoms with E-state index < -0.39 is 0 Å². The van der Waals surface area contributed by atoms with Crippen molar-refractivity contribution >= 4 is 25.0 Å². The number of nitrogens with zero attached hydrogens (tertiary/aromatic N) is 1. The molecular weight excluding hydrogens is 158 g/mol. The summed E-state index contributed by atoms with van der Waals surface area (Å²) in [4.78, 5) is 0. The summed E-state index contributed by atoms with van der Waals surface area (Å²) in [6, 6.07) is 0. The smallest absolute Gasteiger partial charge is 0.134 e. The van der Waals surface area contributed by atoms with E-state index >= 15 is 0 Å². The molecule has 1 heterocycles. The van der Waals surface area contributed by atoms with Crippen molar-refractivity contribution < 1.29 is 5.32 Å². The van der Waals surface area contributed by atoms with Crippen LogP contribution >= 0.6 is 12.2 Å². The molecule has 0 bridgehead atoms. The molecule has 0 aliphatic heterocycles. The number of H-pyrrole nitrogens is 1. The standard InChI is InChI=1S/C7H11N3S/c1-5-6(4-8-2)7(11)10(3)9-5/h4,8-9H,1H2,2-3H3/p+1. The Kier molecular flexibility index (Phi) is 2.26. The van der Waals surface area contributed by atoms with Crippen molar-refractivity contribution in [1.82, 2.24) is 9.78 Å². The minimum Gasteiger partial charge on any atom is -0.322 e. The van der Waals surface area contributed by atoms with Crippen LogP contribution in [0.5, 0.6) is 0 Å². The summed E-state index contributed by atoms with van der Waals surface area (Å²) < 4.78 is 2.58. The largest absolute Gasteiger partial charge is 0.322 e. The van der Waals surface area contributed by atoms with Gasteiger partial charge in [0.25, 0.3) is 0 Å². The van der Waals surface area contributed by atoms with Crippen LogP contribution in [0.1, 0.15) is 0 Å². The first-order valence-electron chi connectivity index (χ1n) is 3.40. The fraction of sp³-hybridized carbons (Fsp3) is 0.286. The first-order chi connectivity index (χ1) is 5.16. The second kappa shape index (κ2) is 3.02. The van der Waals surface area contributed by atoms with Crippen molar-refractivity contribution in [3.05, 3.63) is 15.2 Å². The maximum atomic E-state index is 5.12. The number of rotatable bonds is 1. The summed E-state index contributed by atoms with van der Waals surface area (Å²) in [5, 5.41) is 6.84. The molecule has 0 fully saturated rings. The molecule has 3 N–H and O–H groups in total. The summed E-state index contributed by atoms with van der Waals surface area (Å²) in [5.74, 6) is 0. The average Bonchev–Trinajstić information content (AvgIpc) is 2.17. The first-order valence-corrected chi connectivity index (χ1v) is 3.81. The van der Waals surface area contributed by atoms with Gasteiger partial charge in [0.15, 0.2) is 0 Å². The Morgan fingerprint density at radius 1 is 1.73 bits per heavy atom. The zero-order chi connectivity index (χ0) is 8.43. The Morgan fingerprint density at radius 2 is 2.36 bits per heavy atom. The van der Waals surface area contributed by atoms with Gasteiger partial charge in [-0.3, -0.25) is 9.78 Å². The lowest BCUT2D eigenvalue weighted by molar-refractivity contribution is -0.519. The SMILES string of the molecule is C=c1[nH]n(C)c(=S)c1=C[NH2+]C. The average molecular weight is 170 g/mol. The fourth-order valence-corrected chi connectivity index (χ4v) is 1.20. The molecule has 1 rings (SSSR count). The Bertz CT molecular complexity index is 398. The zero-order valence-electron chi connectivity index (χ0n) is 6.72. The topological polar surface area (TPSA) is 37.3 Å². The van der Waals surface area contributed by atoms with Gasteiger partial charge in [0, 0.05) is 7.05 Å². The van der Waals surface area contributed by atoms with Gasteiger partial charge in [-0.05, 0) is 0 Å². The molecule has 0 aromatic carbocycles. The van der Waals surface area contributed by atoms with Crippen molar-refractivity contribution in [1.29, 1.82) is 0 Å². The minimum atomic E-state index is 0.799. The van der Waals surface area contributed by atoms with Crippen molar-refractivity contribution in [2.24, 2.45) is 7.05 Å². The molecule has 3 nitrogen and oxygen atoms in total. The number of aromatic nitrogens is 2. The molecule has 1 aromatic rings. The van der Waals surface area contributed by atoms with E-state index in [4.69, 9.17) is 12.2 Å². The van der Waals surface area contributed by atoms with Gasteiger partial charge in [0.05, 0.1) is 17.6 Å². The van der Waals surface area contributed by atoms with Gasteiger partial charge in [-0.15, -0.1) is 0 Å². The molecule has 60 valence electrons. The normalized spacial score (nSPS) is 12.4. The van der Waals surface area contributed by atoms with Crippen LogP contribution in [0.2, 0.25) is 0 Å². The monoisotopic (exact) mass is 170 g/mol. The van der Waals surface area contributed by atoms with Crippen LogP contribution in [-0.2, 0) is 7.05 Å². The number of aryl methyl sites for hydroxylation is 1. The maximum absolute atomic E-state index is 5.12. The highest BCUT2D eigenvalue weighted by molar-refractivity contribution is 7.71. The summed E-state index contributed by atoms with van der Waals surface area (Å²) >= 11 is 5.12. The van der Waals surface area contributed by atoms with Gasteiger partial charge >= 0.3 is 0 Å². The van der Waals surface area contributed by atoms with E-state index in [1.54, 1.807) is 4.68 Å². The lowest BCUT2D eigenvalue weighted by atomic mass is 10.5. The molecule has 0 amide bonds. The lowest BCUT2D eigenvalue weighted by Gasteiger charge is -1.83. The summed E-state index contributed by atoms with van der Waals surface area (Å²) in [7, 11) is 3.84. The number of quaternary nitrogens is 1. The van der Waals surface area contributed by atoms with Crippen LogP contribution in [0.25, 0.3) is 12.8 Å². The van der Waals surface area contributed by atoms with E-state index in [2.05, 4.69) is 11.7 Å². The highest BCUT2D eigenvalue weighted by Gasteiger charge is 1.92. The van der Waals surface area contributed by atoms with E-state index in [1.807, 2.05) is 25.6 Å². The van der Waals surface area contributed by atoms with Crippen LogP contribution in [0.3, 0.4) is 0 Å². The van der Waals surface area contributed by atoms with Gasteiger partial charge in [-0.2, -0.15) is 0 Å². The number of hydrogen-bond donors (Lipinski definition) is 2.